The van der Waals surface area contributed by atoms with Gasteiger partial charge < -0.3 is 5.32 Å². The average molecular weight is 395 g/mol. The molecule has 8 nitrogen and oxygen atoms in total. The molecule has 2 aromatic carbocycles. The Kier molecular flexibility index (Phi) is 4.49. The molecule has 0 bridgehead atoms. The van der Waals surface area contributed by atoms with E-state index in [9.17, 15) is 4.79 Å². The number of amides is 1. The first kappa shape index (κ1) is 17.7. The third-order valence-corrected chi connectivity index (χ3v) is 4.62. The van der Waals surface area contributed by atoms with Gasteiger partial charge in [0.1, 0.15) is 0 Å². The first-order valence-corrected chi connectivity index (χ1v) is 9.43. The number of rotatable bonds is 5. The van der Waals surface area contributed by atoms with Crippen molar-refractivity contribution in [3.05, 3.63) is 96.7 Å². The smallest absolute Gasteiger partial charge is 0.291 e. The van der Waals surface area contributed by atoms with Crippen LogP contribution in [0.4, 0.5) is 0 Å². The highest BCUT2D eigenvalue weighted by molar-refractivity contribution is 5.90. The Balaban J connectivity index is 1.44. The molecule has 0 radical (unpaired) electrons. The fourth-order valence-corrected chi connectivity index (χ4v) is 3.17. The molecule has 0 atom stereocenters. The summed E-state index contributed by atoms with van der Waals surface area (Å²) < 4.78 is 3.29. The number of benzene rings is 2. The van der Waals surface area contributed by atoms with E-state index in [0.29, 0.717) is 12.3 Å². The summed E-state index contributed by atoms with van der Waals surface area (Å²) >= 11 is 0. The van der Waals surface area contributed by atoms with Crippen molar-refractivity contribution in [3.8, 4) is 16.9 Å². The summed E-state index contributed by atoms with van der Waals surface area (Å²) in [6.07, 6.45) is 5.23. The maximum absolute atomic E-state index is 12.6. The minimum absolute atomic E-state index is 0.0745. The van der Waals surface area contributed by atoms with Crippen LogP contribution in [0.1, 0.15) is 16.2 Å². The zero-order chi connectivity index (χ0) is 20.3. The van der Waals surface area contributed by atoms with Gasteiger partial charge in [-0.1, -0.05) is 48.5 Å². The Hall–Kier alpha value is -4.33. The number of carbonyl (C=O) groups is 1. The van der Waals surface area contributed by atoms with Gasteiger partial charge in [0.2, 0.25) is 5.82 Å². The number of nitrogens with one attached hydrogen (secondary N) is 1. The highest BCUT2D eigenvalue weighted by atomic mass is 16.2. The second-order valence-corrected chi connectivity index (χ2v) is 6.63. The standard InChI is InChI=1S/C22H17N7O/c30-21(20-25-22-23-12-7-13-28(22)27-20)24-14-17-15-29(18-10-5-2-6-11-18)26-19(17)16-8-3-1-4-9-16/h1-13,15H,14H2,(H,24,30). The molecule has 1 amide bonds. The first-order valence-electron chi connectivity index (χ1n) is 9.43. The van der Waals surface area contributed by atoms with Crippen LogP contribution in [0.25, 0.3) is 22.7 Å². The van der Waals surface area contributed by atoms with E-state index < -0.39 is 0 Å². The summed E-state index contributed by atoms with van der Waals surface area (Å²) in [7, 11) is 0. The predicted molar refractivity (Wildman–Crippen MR) is 111 cm³/mol. The van der Waals surface area contributed by atoms with Crippen molar-refractivity contribution in [2.75, 3.05) is 0 Å². The molecule has 30 heavy (non-hydrogen) atoms. The normalized spacial score (nSPS) is 10.9. The molecule has 0 fully saturated rings. The largest absolute Gasteiger partial charge is 0.345 e. The zero-order valence-corrected chi connectivity index (χ0v) is 15.9. The lowest BCUT2D eigenvalue weighted by Crippen LogP contribution is -2.24. The summed E-state index contributed by atoms with van der Waals surface area (Å²) in [5.41, 5.74) is 3.62. The molecular formula is C22H17N7O. The van der Waals surface area contributed by atoms with Crippen molar-refractivity contribution < 1.29 is 4.79 Å². The van der Waals surface area contributed by atoms with Gasteiger partial charge in [-0.2, -0.15) is 10.1 Å². The van der Waals surface area contributed by atoms with E-state index in [1.165, 1.54) is 4.52 Å². The van der Waals surface area contributed by atoms with Gasteiger partial charge in [0.15, 0.2) is 0 Å². The first-order chi connectivity index (χ1) is 14.8. The Morgan fingerprint density at radius 3 is 2.47 bits per heavy atom. The molecule has 8 heteroatoms. The number of fused-ring (bicyclic) bond motifs is 1. The third-order valence-electron chi connectivity index (χ3n) is 4.62. The summed E-state index contributed by atoms with van der Waals surface area (Å²) in [6.45, 7) is 0.291. The molecular weight excluding hydrogens is 378 g/mol. The molecule has 3 heterocycles. The number of carbonyl (C=O) groups excluding carboxylic acids is 1. The fourth-order valence-electron chi connectivity index (χ4n) is 3.17. The summed E-state index contributed by atoms with van der Waals surface area (Å²) in [6, 6.07) is 21.5. The molecule has 0 spiro atoms. The maximum atomic E-state index is 12.6. The molecule has 0 unspecified atom stereocenters. The van der Waals surface area contributed by atoms with Gasteiger partial charge in [0, 0.05) is 36.3 Å². The van der Waals surface area contributed by atoms with Crippen molar-refractivity contribution >= 4 is 11.7 Å². The van der Waals surface area contributed by atoms with E-state index in [4.69, 9.17) is 5.10 Å². The Morgan fingerprint density at radius 1 is 0.933 bits per heavy atom. The topological polar surface area (TPSA) is 90.0 Å². The predicted octanol–water partition coefficient (Wildman–Crippen LogP) is 2.91. The van der Waals surface area contributed by atoms with Gasteiger partial charge in [-0.25, -0.2) is 14.2 Å². The van der Waals surface area contributed by atoms with E-state index >= 15 is 0 Å². The Bertz CT molecular complexity index is 1280. The zero-order valence-electron chi connectivity index (χ0n) is 15.9. The van der Waals surface area contributed by atoms with Crippen molar-refractivity contribution in [1.82, 2.24) is 34.7 Å². The van der Waals surface area contributed by atoms with Crippen molar-refractivity contribution in [3.63, 3.8) is 0 Å². The second kappa shape index (κ2) is 7.59. The van der Waals surface area contributed by atoms with Crippen LogP contribution >= 0.6 is 0 Å². The van der Waals surface area contributed by atoms with E-state index in [-0.39, 0.29) is 11.7 Å². The van der Waals surface area contributed by atoms with Gasteiger partial charge in [-0.05, 0) is 18.2 Å². The monoisotopic (exact) mass is 395 g/mol. The van der Waals surface area contributed by atoms with E-state index in [1.54, 1.807) is 18.5 Å². The summed E-state index contributed by atoms with van der Waals surface area (Å²) in [5.74, 6) is 0.0851. The Morgan fingerprint density at radius 2 is 1.70 bits per heavy atom. The van der Waals surface area contributed by atoms with Gasteiger partial charge in [0.05, 0.1) is 11.4 Å². The van der Waals surface area contributed by atoms with Crippen LogP contribution in [0.5, 0.6) is 0 Å². The molecule has 1 N–H and O–H groups in total. The number of para-hydroxylation sites is 1. The van der Waals surface area contributed by atoms with Crippen LogP contribution in [0.2, 0.25) is 0 Å². The highest BCUT2D eigenvalue weighted by Gasteiger charge is 2.16. The number of hydrogen-bond donors (Lipinski definition) is 1. The molecule has 5 aromatic rings. The lowest BCUT2D eigenvalue weighted by Gasteiger charge is -2.03. The minimum Gasteiger partial charge on any atom is -0.345 e. The number of aromatic nitrogens is 6. The summed E-state index contributed by atoms with van der Waals surface area (Å²) in [4.78, 5) is 20.9. The average Bonchev–Trinajstić information content (AvgIpc) is 3.43. The molecule has 5 rings (SSSR count). The molecule has 0 aliphatic rings. The van der Waals surface area contributed by atoms with Gasteiger partial charge >= 0.3 is 0 Å². The van der Waals surface area contributed by atoms with E-state index in [1.807, 2.05) is 71.5 Å². The van der Waals surface area contributed by atoms with Crippen LogP contribution < -0.4 is 5.32 Å². The van der Waals surface area contributed by atoms with Crippen LogP contribution in [0.15, 0.2) is 85.3 Å². The van der Waals surface area contributed by atoms with Gasteiger partial charge in [0.25, 0.3) is 11.7 Å². The quantitative estimate of drug-likeness (QED) is 0.494. The minimum atomic E-state index is -0.369. The van der Waals surface area contributed by atoms with Crippen molar-refractivity contribution in [1.29, 1.82) is 0 Å². The van der Waals surface area contributed by atoms with Crippen LogP contribution in [0.3, 0.4) is 0 Å². The Labute approximate surface area is 171 Å². The van der Waals surface area contributed by atoms with Crippen LogP contribution in [-0.4, -0.2) is 35.3 Å². The highest BCUT2D eigenvalue weighted by Crippen LogP contribution is 2.23. The molecule has 0 saturated heterocycles. The maximum Gasteiger partial charge on any atom is 0.291 e. The molecule has 0 saturated carbocycles. The lowest BCUT2D eigenvalue weighted by molar-refractivity contribution is 0.0941. The van der Waals surface area contributed by atoms with Gasteiger partial charge in [-0.15, -0.1) is 5.10 Å². The summed E-state index contributed by atoms with van der Waals surface area (Å²) in [5, 5.41) is 11.8. The van der Waals surface area contributed by atoms with E-state index in [0.717, 1.165) is 22.5 Å². The number of nitrogens with zero attached hydrogens (tertiary/aromatic N) is 6. The van der Waals surface area contributed by atoms with Crippen molar-refractivity contribution in [2.24, 2.45) is 0 Å². The van der Waals surface area contributed by atoms with Gasteiger partial charge in [-0.3, -0.25) is 4.79 Å². The van der Waals surface area contributed by atoms with Crippen LogP contribution in [0, 0.1) is 0 Å². The molecule has 3 aromatic heterocycles. The third kappa shape index (κ3) is 3.42. The second-order valence-electron chi connectivity index (χ2n) is 6.63. The van der Waals surface area contributed by atoms with E-state index in [2.05, 4.69) is 20.4 Å². The molecule has 0 aliphatic heterocycles. The SMILES string of the molecule is O=C(NCc1cn(-c2ccccc2)nc1-c1ccccc1)c1nc2ncccn2n1. The van der Waals surface area contributed by atoms with Crippen molar-refractivity contribution in [2.45, 2.75) is 6.54 Å². The fraction of sp³-hybridized carbons (Fsp3) is 0.0455. The molecule has 0 aliphatic carbocycles. The molecule has 146 valence electrons. The van der Waals surface area contributed by atoms with Crippen LogP contribution in [-0.2, 0) is 6.54 Å². The number of hydrogen-bond acceptors (Lipinski definition) is 5. The lowest BCUT2D eigenvalue weighted by atomic mass is 10.1.